The minimum Gasteiger partial charge on any atom is -0.366 e. The molecule has 2 aliphatic heterocycles. The molecule has 0 spiro atoms. The second kappa shape index (κ2) is 13.2. The Kier molecular flexibility index (Phi) is 9.64. The zero-order chi connectivity index (χ0) is 29.9. The van der Waals surface area contributed by atoms with Crippen LogP contribution in [0.1, 0.15) is 31.2 Å². The smallest absolute Gasteiger partial charge is 0.245 e. The lowest BCUT2D eigenvalue weighted by Gasteiger charge is -2.39. The lowest BCUT2D eigenvalue weighted by molar-refractivity contribution is -0.138. The van der Waals surface area contributed by atoms with Gasteiger partial charge in [-0.3, -0.25) is 13.9 Å². The Morgan fingerprint density at radius 3 is 2.21 bits per heavy atom. The molecular weight excluding hydrogens is 574 g/mol. The summed E-state index contributed by atoms with van der Waals surface area (Å²) in [6.07, 6.45) is 5.34. The number of para-hydroxylation sites is 2. The number of rotatable bonds is 10. The number of halogens is 1. The predicted molar refractivity (Wildman–Crippen MR) is 167 cm³/mol. The average Bonchev–Trinajstić information content (AvgIpc) is 3.81. The van der Waals surface area contributed by atoms with E-state index < -0.39 is 16.1 Å². The van der Waals surface area contributed by atoms with Crippen LogP contribution in [0.4, 0.5) is 11.4 Å². The van der Waals surface area contributed by atoms with Crippen LogP contribution in [0.3, 0.4) is 0 Å². The standard InChI is InChI=1S/C31H42ClN5O4S/c1-34-15-13-25(14-16-34)30(38)33-27(21-23-9-11-26(32)12-10-23)31(39)36-19-17-35(18-20-36)28-5-3-4-6-29(28)37(42(2,40)41)22-24-7-8-24/h3-6,9-12,24-25,27H,7-8,13-22H2,1-2H3,(H,33,38)/t27-/m1/s1. The molecular formula is C31H42ClN5O4S. The fraction of sp³-hybridized carbons (Fsp3) is 0.548. The second-order valence-electron chi connectivity index (χ2n) is 12.0. The van der Waals surface area contributed by atoms with Gasteiger partial charge < -0.3 is 20.0 Å². The highest BCUT2D eigenvalue weighted by Crippen LogP contribution is 2.37. The summed E-state index contributed by atoms with van der Waals surface area (Å²) >= 11 is 6.09. The molecule has 2 heterocycles. The van der Waals surface area contributed by atoms with Crippen molar-refractivity contribution in [3.8, 4) is 0 Å². The third-order valence-corrected chi connectivity index (χ3v) is 10.1. The first-order chi connectivity index (χ1) is 20.1. The zero-order valence-electron chi connectivity index (χ0n) is 24.5. The summed E-state index contributed by atoms with van der Waals surface area (Å²) in [5, 5.41) is 3.73. The number of amides is 2. The van der Waals surface area contributed by atoms with Gasteiger partial charge in [-0.1, -0.05) is 35.9 Å². The number of carbonyl (C=O) groups is 2. The molecule has 228 valence electrons. The molecule has 3 fully saturated rings. The van der Waals surface area contributed by atoms with Crippen LogP contribution in [-0.2, 0) is 26.0 Å². The number of nitrogens with zero attached hydrogens (tertiary/aromatic N) is 4. The molecule has 2 saturated heterocycles. The van der Waals surface area contributed by atoms with Crippen molar-refractivity contribution < 1.29 is 18.0 Å². The van der Waals surface area contributed by atoms with E-state index in [0.717, 1.165) is 50.0 Å². The van der Waals surface area contributed by atoms with Crippen LogP contribution in [-0.4, -0.2) is 95.2 Å². The number of nitrogens with one attached hydrogen (secondary N) is 1. The van der Waals surface area contributed by atoms with Crippen LogP contribution in [0.15, 0.2) is 48.5 Å². The Hall–Kier alpha value is -2.82. The monoisotopic (exact) mass is 615 g/mol. The average molecular weight is 616 g/mol. The third-order valence-electron chi connectivity index (χ3n) is 8.66. The molecule has 1 aliphatic carbocycles. The van der Waals surface area contributed by atoms with Crippen LogP contribution >= 0.6 is 11.6 Å². The van der Waals surface area contributed by atoms with Crippen molar-refractivity contribution in [2.24, 2.45) is 11.8 Å². The number of hydrogen-bond acceptors (Lipinski definition) is 6. The van der Waals surface area contributed by atoms with Gasteiger partial charge in [0, 0.05) is 50.1 Å². The molecule has 1 saturated carbocycles. The number of piperazine rings is 1. The molecule has 9 nitrogen and oxygen atoms in total. The van der Waals surface area contributed by atoms with E-state index in [1.54, 1.807) is 12.1 Å². The number of likely N-dealkylation sites (tertiary alicyclic amines) is 1. The minimum absolute atomic E-state index is 0.0560. The Bertz CT molecular complexity index is 1350. The van der Waals surface area contributed by atoms with E-state index in [-0.39, 0.29) is 17.7 Å². The van der Waals surface area contributed by atoms with E-state index in [1.807, 2.05) is 41.3 Å². The highest BCUT2D eigenvalue weighted by molar-refractivity contribution is 7.92. The number of sulfonamides is 1. The zero-order valence-corrected chi connectivity index (χ0v) is 26.1. The number of piperidine rings is 1. The fourth-order valence-corrected chi connectivity index (χ4v) is 7.01. The molecule has 0 unspecified atom stereocenters. The number of hydrogen-bond donors (Lipinski definition) is 1. The highest BCUT2D eigenvalue weighted by Gasteiger charge is 2.34. The van der Waals surface area contributed by atoms with Crippen molar-refractivity contribution in [1.29, 1.82) is 0 Å². The van der Waals surface area contributed by atoms with Gasteiger partial charge >= 0.3 is 0 Å². The van der Waals surface area contributed by atoms with Crippen LogP contribution in [0.25, 0.3) is 0 Å². The van der Waals surface area contributed by atoms with Crippen LogP contribution < -0.4 is 14.5 Å². The molecule has 1 N–H and O–H groups in total. The molecule has 0 aromatic heterocycles. The number of benzene rings is 2. The first-order valence-corrected chi connectivity index (χ1v) is 17.1. The first-order valence-electron chi connectivity index (χ1n) is 14.9. The lowest BCUT2D eigenvalue weighted by atomic mass is 9.95. The highest BCUT2D eigenvalue weighted by atomic mass is 35.5. The topological polar surface area (TPSA) is 93.3 Å². The molecule has 11 heteroatoms. The summed E-state index contributed by atoms with van der Waals surface area (Å²) in [6, 6.07) is 14.4. The molecule has 0 radical (unpaired) electrons. The van der Waals surface area contributed by atoms with Crippen molar-refractivity contribution in [2.75, 3.05) is 68.3 Å². The van der Waals surface area contributed by atoms with E-state index in [2.05, 4.69) is 22.2 Å². The molecule has 1 atom stereocenters. The summed E-state index contributed by atoms with van der Waals surface area (Å²) < 4.78 is 27.0. The van der Waals surface area contributed by atoms with Crippen molar-refractivity contribution in [1.82, 2.24) is 15.1 Å². The summed E-state index contributed by atoms with van der Waals surface area (Å²) in [4.78, 5) is 33.4. The maximum absolute atomic E-state index is 13.9. The van der Waals surface area contributed by atoms with E-state index in [9.17, 15) is 18.0 Å². The quantitative estimate of drug-likeness (QED) is 0.441. The van der Waals surface area contributed by atoms with Crippen LogP contribution in [0.2, 0.25) is 5.02 Å². The molecule has 2 aromatic rings. The largest absolute Gasteiger partial charge is 0.366 e. The van der Waals surface area contributed by atoms with Crippen molar-refractivity contribution in [2.45, 2.75) is 38.1 Å². The summed E-state index contributed by atoms with van der Waals surface area (Å²) in [5.41, 5.74) is 2.49. The Balaban J connectivity index is 1.28. The molecule has 2 aromatic carbocycles. The van der Waals surface area contributed by atoms with Crippen LogP contribution in [0, 0.1) is 11.8 Å². The molecule has 5 rings (SSSR count). The van der Waals surface area contributed by atoms with Gasteiger partial charge in [0.25, 0.3) is 0 Å². The molecule has 0 bridgehead atoms. The molecule has 3 aliphatic rings. The van der Waals surface area contributed by atoms with E-state index in [1.165, 1.54) is 10.6 Å². The van der Waals surface area contributed by atoms with Crippen molar-refractivity contribution >= 4 is 44.8 Å². The van der Waals surface area contributed by atoms with E-state index in [0.29, 0.717) is 55.8 Å². The first kappa shape index (κ1) is 30.6. The third kappa shape index (κ3) is 7.76. The lowest BCUT2D eigenvalue weighted by Crippen LogP contribution is -2.56. The predicted octanol–water partition coefficient (Wildman–Crippen LogP) is 3.23. The van der Waals surface area contributed by atoms with Gasteiger partial charge in [0.2, 0.25) is 21.8 Å². The maximum Gasteiger partial charge on any atom is 0.245 e. The van der Waals surface area contributed by atoms with E-state index >= 15 is 0 Å². The molecule has 42 heavy (non-hydrogen) atoms. The number of carbonyl (C=O) groups excluding carboxylic acids is 2. The second-order valence-corrected chi connectivity index (χ2v) is 14.4. The van der Waals surface area contributed by atoms with Gasteiger partial charge in [-0.05, 0) is 81.6 Å². The van der Waals surface area contributed by atoms with Gasteiger partial charge in [0.1, 0.15) is 6.04 Å². The fourth-order valence-electron chi connectivity index (χ4n) is 5.89. The minimum atomic E-state index is -3.44. The van der Waals surface area contributed by atoms with Gasteiger partial charge in [0.15, 0.2) is 0 Å². The summed E-state index contributed by atoms with van der Waals surface area (Å²) in [7, 11) is -1.37. The SMILES string of the molecule is CN1CCC(C(=O)N[C@H](Cc2ccc(Cl)cc2)C(=O)N2CCN(c3ccccc3N(CC3CC3)S(C)(=O)=O)CC2)CC1. The Morgan fingerprint density at radius 2 is 1.60 bits per heavy atom. The van der Waals surface area contributed by atoms with Gasteiger partial charge in [-0.25, -0.2) is 8.42 Å². The van der Waals surface area contributed by atoms with Gasteiger partial charge in [0.05, 0.1) is 17.6 Å². The maximum atomic E-state index is 13.9. The normalized spacial score (nSPS) is 19.4. The Morgan fingerprint density at radius 1 is 0.952 bits per heavy atom. The molecule has 2 amide bonds. The van der Waals surface area contributed by atoms with Crippen molar-refractivity contribution in [3.63, 3.8) is 0 Å². The van der Waals surface area contributed by atoms with E-state index in [4.69, 9.17) is 11.6 Å². The number of anilines is 2. The summed E-state index contributed by atoms with van der Waals surface area (Å²) in [5.74, 6) is 0.165. The summed E-state index contributed by atoms with van der Waals surface area (Å²) in [6.45, 7) is 4.34. The van der Waals surface area contributed by atoms with Crippen LogP contribution in [0.5, 0.6) is 0 Å². The Labute approximate surface area is 254 Å². The van der Waals surface area contributed by atoms with Crippen molar-refractivity contribution in [3.05, 3.63) is 59.1 Å². The van der Waals surface area contributed by atoms with Gasteiger partial charge in [-0.2, -0.15) is 0 Å². The van der Waals surface area contributed by atoms with Gasteiger partial charge in [-0.15, -0.1) is 0 Å².